The van der Waals surface area contributed by atoms with Gasteiger partial charge in [-0.25, -0.2) is 4.79 Å². The second kappa shape index (κ2) is 67.4. The van der Waals surface area contributed by atoms with Crippen molar-refractivity contribution in [2.45, 2.75) is 329 Å². The van der Waals surface area contributed by atoms with E-state index >= 15 is 0 Å². The lowest BCUT2D eigenvalue weighted by atomic mass is 9.70. The second-order valence-electron chi connectivity index (χ2n) is 28.7. The van der Waals surface area contributed by atoms with Crippen LogP contribution in [0.3, 0.4) is 0 Å². The van der Waals surface area contributed by atoms with Crippen LogP contribution in [0.5, 0.6) is 5.75 Å². The highest BCUT2D eigenvalue weighted by Gasteiger charge is 2.29. The van der Waals surface area contributed by atoms with E-state index in [1.165, 1.54) is 138 Å². The average Bonchev–Trinajstić information content (AvgIpc) is 0.874. The lowest BCUT2D eigenvalue weighted by Gasteiger charge is -2.36. The Labute approximate surface area is 665 Å². The molecule has 0 radical (unpaired) electrons. The van der Waals surface area contributed by atoms with Gasteiger partial charge >= 0.3 is 5.97 Å². The van der Waals surface area contributed by atoms with E-state index in [1.807, 2.05) is 149 Å². The van der Waals surface area contributed by atoms with Crippen molar-refractivity contribution in [3.8, 4) is 16.9 Å². The van der Waals surface area contributed by atoms with Crippen molar-refractivity contribution in [1.82, 2.24) is 0 Å². The van der Waals surface area contributed by atoms with Gasteiger partial charge in [-0.05, 0) is 213 Å². The first-order chi connectivity index (χ1) is 51.7. The molecule has 598 valence electrons. The molecule has 8 aromatic carbocycles. The van der Waals surface area contributed by atoms with Crippen LogP contribution in [0.25, 0.3) is 11.1 Å². The van der Waals surface area contributed by atoms with Crippen LogP contribution in [0.4, 0.5) is 0 Å². The molecule has 0 atom stereocenters. The molecular weight excluding hydrogens is 1290 g/mol. The molecule has 0 spiro atoms. The molecule has 0 aliphatic heterocycles. The van der Waals surface area contributed by atoms with E-state index < -0.39 is 0 Å². The van der Waals surface area contributed by atoms with E-state index in [0.29, 0.717) is 11.3 Å². The normalized spacial score (nSPS) is 18.1. The van der Waals surface area contributed by atoms with Crippen molar-refractivity contribution < 1.29 is 9.53 Å². The first kappa shape index (κ1) is 104. The summed E-state index contributed by atoms with van der Waals surface area (Å²) in [4.78, 5) is 11.8. The molecule has 4 saturated carbocycles. The minimum absolute atomic E-state index is 0.325. The van der Waals surface area contributed by atoms with Gasteiger partial charge in [-0.2, -0.15) is 0 Å². The highest BCUT2D eigenvalue weighted by Crippen LogP contribution is 2.41. The van der Waals surface area contributed by atoms with Crippen LogP contribution < -0.4 is 4.74 Å². The average molecular weight is 1460 g/mol. The van der Waals surface area contributed by atoms with Gasteiger partial charge < -0.3 is 4.74 Å². The molecule has 0 aromatic heterocycles. The summed E-state index contributed by atoms with van der Waals surface area (Å²) in [6.45, 7) is 62.8. The number of rotatable bonds is 8. The van der Waals surface area contributed by atoms with Crippen molar-refractivity contribution >= 4 is 5.97 Å². The van der Waals surface area contributed by atoms with Crippen LogP contribution >= 0.6 is 0 Å². The molecule has 0 saturated heterocycles. The van der Waals surface area contributed by atoms with Gasteiger partial charge in [-0.3, -0.25) is 0 Å². The Kier molecular flexibility index (Phi) is 65.7. The molecular formula is C105H166O2. The number of benzene rings is 8. The molecule has 2 nitrogen and oxygen atoms in total. The first-order valence-electron chi connectivity index (χ1n) is 43.4. The maximum Gasteiger partial charge on any atom is 0.343 e. The molecule has 4 fully saturated rings. The zero-order valence-corrected chi connectivity index (χ0v) is 75.1. The maximum absolute atomic E-state index is 11.8. The summed E-state index contributed by atoms with van der Waals surface area (Å²) in [5.74, 6) is 8.34. The predicted molar refractivity (Wildman–Crippen MR) is 486 cm³/mol. The Morgan fingerprint density at radius 1 is 0.252 bits per heavy atom. The molecule has 107 heavy (non-hydrogen) atoms. The van der Waals surface area contributed by atoms with Crippen molar-refractivity contribution in [2.75, 3.05) is 0 Å². The van der Waals surface area contributed by atoms with E-state index in [4.69, 9.17) is 4.74 Å². The Hall–Kier alpha value is -6.77. The molecule has 0 amide bonds. The summed E-state index contributed by atoms with van der Waals surface area (Å²) in [6, 6.07) is 67.2. The van der Waals surface area contributed by atoms with E-state index in [-0.39, 0.29) is 5.97 Å². The fourth-order valence-corrected chi connectivity index (χ4v) is 12.8. The Bertz CT molecular complexity index is 3050. The number of aryl methyl sites for hydroxylation is 11. The third-order valence-corrected chi connectivity index (χ3v) is 19.8. The third kappa shape index (κ3) is 49.1. The van der Waals surface area contributed by atoms with E-state index in [1.54, 1.807) is 55.5 Å². The van der Waals surface area contributed by atoms with Gasteiger partial charge in [0.05, 0.1) is 5.56 Å². The first-order valence-corrected chi connectivity index (χ1v) is 43.4. The van der Waals surface area contributed by atoms with Crippen LogP contribution in [0.2, 0.25) is 0 Å². The van der Waals surface area contributed by atoms with Crippen molar-refractivity contribution in [3.05, 3.63) is 266 Å². The van der Waals surface area contributed by atoms with Gasteiger partial charge in [0.1, 0.15) is 5.75 Å². The zero-order chi connectivity index (χ0) is 81.5. The topological polar surface area (TPSA) is 26.3 Å². The minimum Gasteiger partial charge on any atom is -0.423 e. The number of carbonyl (C=O) groups excluding carboxylic acids is 1. The summed E-state index contributed by atoms with van der Waals surface area (Å²) in [5, 5.41) is 0. The quantitative estimate of drug-likeness (QED) is 0.112. The summed E-state index contributed by atoms with van der Waals surface area (Å²) >= 11 is 0. The lowest BCUT2D eigenvalue weighted by Crippen LogP contribution is -2.24. The van der Waals surface area contributed by atoms with Gasteiger partial charge in [0.2, 0.25) is 0 Å². The molecule has 0 unspecified atom stereocenters. The number of carbonyl (C=O) groups is 1. The second-order valence-corrected chi connectivity index (χ2v) is 28.7. The minimum atomic E-state index is -0.325. The molecule has 0 N–H and O–H groups in total. The number of hydrogen-bond acceptors (Lipinski definition) is 2. The number of esters is 1. The van der Waals surface area contributed by atoms with Gasteiger partial charge in [0.15, 0.2) is 0 Å². The molecule has 0 heterocycles. The molecule has 4 aliphatic rings. The van der Waals surface area contributed by atoms with Gasteiger partial charge in [-0.15, -0.1) is 0 Å². The van der Waals surface area contributed by atoms with Crippen molar-refractivity contribution in [3.63, 3.8) is 0 Å². The highest BCUT2D eigenvalue weighted by molar-refractivity contribution is 5.91. The molecule has 4 aliphatic carbocycles. The Morgan fingerprint density at radius 2 is 0.449 bits per heavy atom. The Morgan fingerprint density at radius 3 is 0.710 bits per heavy atom. The summed E-state index contributed by atoms with van der Waals surface area (Å²) in [6.07, 6.45) is 26.0. The lowest BCUT2D eigenvalue weighted by molar-refractivity contribution is 0.0734. The Balaban J connectivity index is -0.00000115. The fraction of sp³-hybridized carbons (Fsp3) is 0.533. The molecule has 12 rings (SSSR count). The maximum atomic E-state index is 11.8. The SMILES string of the molecule is CC.CC.CC.CC.CC.CC.CC.CC.CC1CCC(C)CC1.CC1CCC(C2CCC(C)CC2)CC1.Cc1ccc(-c2ccc(C)cc2)cc1.Cc1ccc(C)cc1.Cc1ccc(C2CCC(C)CC2)cc1.Cc1ccc(CCc2ccc(C)cc2)cc1.Cc1ccc(OC(=O)c2ccc(C)cc2)cc1. The summed E-state index contributed by atoms with van der Waals surface area (Å²) in [5.41, 5.74) is 19.1. The van der Waals surface area contributed by atoms with Crippen molar-refractivity contribution in [1.29, 1.82) is 0 Å². The summed E-state index contributed by atoms with van der Waals surface area (Å²) < 4.78 is 5.26. The molecule has 8 aromatic rings. The molecule has 0 bridgehead atoms. The zero-order valence-electron chi connectivity index (χ0n) is 75.1. The van der Waals surface area contributed by atoms with Gasteiger partial charge in [0, 0.05) is 0 Å². The van der Waals surface area contributed by atoms with E-state index in [0.717, 1.165) is 71.3 Å². The predicted octanol–water partition coefficient (Wildman–Crippen LogP) is 33.9. The van der Waals surface area contributed by atoms with Crippen LogP contribution in [-0.2, 0) is 12.8 Å². The van der Waals surface area contributed by atoms with E-state index in [9.17, 15) is 4.79 Å². The highest BCUT2D eigenvalue weighted by atomic mass is 16.5. The smallest absolute Gasteiger partial charge is 0.343 e. The van der Waals surface area contributed by atoms with Gasteiger partial charge in [-0.1, -0.05) is 430 Å². The molecule has 2 heteroatoms. The number of hydrogen-bond donors (Lipinski definition) is 0. The van der Waals surface area contributed by atoms with Crippen molar-refractivity contribution in [2.24, 2.45) is 41.4 Å². The van der Waals surface area contributed by atoms with Crippen LogP contribution in [-0.4, -0.2) is 5.97 Å². The summed E-state index contributed by atoms with van der Waals surface area (Å²) in [7, 11) is 0. The van der Waals surface area contributed by atoms with Gasteiger partial charge in [0.25, 0.3) is 0 Å². The van der Waals surface area contributed by atoms with E-state index in [2.05, 4.69) is 229 Å². The van der Waals surface area contributed by atoms with Crippen LogP contribution in [0.15, 0.2) is 194 Å². The van der Waals surface area contributed by atoms with Crippen LogP contribution in [0, 0.1) is 104 Å². The third-order valence-electron chi connectivity index (χ3n) is 19.8. The monoisotopic (exact) mass is 1460 g/mol. The fourth-order valence-electron chi connectivity index (χ4n) is 12.8. The largest absolute Gasteiger partial charge is 0.423 e. The number of ether oxygens (including phenoxy) is 1. The van der Waals surface area contributed by atoms with Crippen LogP contribution in [0.1, 0.15) is 331 Å². The standard InChI is InChI=1S/C16H18.C15H14O2.C14H26.C14H20.C14H14.C8H16.C8H10.8C2H6/c1-13-3-7-15(8-4-13)11-12-16-9-5-14(2)6-10-16;1-11-3-7-13(8-4-11)15(16)17-14-9-5-12(2)6-10-14;3*1-11-3-7-13(8-4-11)14-9-5-12(2)6-10-14;2*1-7-3-5-8(2)6-4-7;8*1-2/h3-10H,11-12H2,1-2H3;3-10H,1-2H3;11-14H,3-10H2,1-2H3;3-4,7-8,12,14H,5-6,9-10H2,1-2H3;3-10H,1-2H3;7-8H,3-6H2,1-2H3;3-6H,1-2H3;8*1-2H3.